The maximum atomic E-state index is 6.05. The summed E-state index contributed by atoms with van der Waals surface area (Å²) in [5, 5.41) is 9.42. The SMILES string of the molecule is Cn1c(S)nnc1-c1c(Cl)cccc1Cl. The molecule has 0 fully saturated rings. The molecule has 0 aliphatic heterocycles. The number of nitrogens with zero attached hydrogens (tertiary/aromatic N) is 3. The Bertz CT molecular complexity index is 490. The number of halogens is 2. The Morgan fingerprint density at radius 1 is 1.20 bits per heavy atom. The molecule has 1 heterocycles. The summed E-state index contributed by atoms with van der Waals surface area (Å²) in [7, 11) is 1.80. The lowest BCUT2D eigenvalue weighted by Crippen LogP contribution is -1.94. The van der Waals surface area contributed by atoms with Crippen LogP contribution in [0.1, 0.15) is 0 Å². The van der Waals surface area contributed by atoms with Crippen molar-refractivity contribution in [1.82, 2.24) is 14.8 Å². The summed E-state index contributed by atoms with van der Waals surface area (Å²) in [5.74, 6) is 0.607. The highest BCUT2D eigenvalue weighted by Crippen LogP contribution is 2.33. The molecule has 15 heavy (non-hydrogen) atoms. The van der Waals surface area contributed by atoms with Crippen molar-refractivity contribution in [2.24, 2.45) is 7.05 Å². The molecule has 0 radical (unpaired) electrons. The zero-order chi connectivity index (χ0) is 11.0. The molecular formula is C9H7Cl2N3S. The predicted molar refractivity (Wildman–Crippen MR) is 63.7 cm³/mol. The second kappa shape index (κ2) is 4.04. The van der Waals surface area contributed by atoms with E-state index in [-0.39, 0.29) is 0 Å². The molecule has 3 nitrogen and oxygen atoms in total. The van der Waals surface area contributed by atoms with E-state index in [1.165, 1.54) is 0 Å². The van der Waals surface area contributed by atoms with E-state index in [0.29, 0.717) is 26.6 Å². The van der Waals surface area contributed by atoms with Gasteiger partial charge in [0.1, 0.15) is 0 Å². The smallest absolute Gasteiger partial charge is 0.188 e. The molecule has 0 amide bonds. The van der Waals surface area contributed by atoms with E-state index in [1.807, 2.05) is 0 Å². The fourth-order valence-electron chi connectivity index (χ4n) is 1.25. The van der Waals surface area contributed by atoms with E-state index < -0.39 is 0 Å². The van der Waals surface area contributed by atoms with E-state index in [1.54, 1.807) is 29.8 Å². The van der Waals surface area contributed by atoms with Crippen LogP contribution in [0.2, 0.25) is 10.0 Å². The van der Waals surface area contributed by atoms with Crippen LogP contribution in [0.4, 0.5) is 0 Å². The number of benzene rings is 1. The Hall–Kier alpha value is -0.710. The summed E-state index contributed by atoms with van der Waals surface area (Å²) in [6.45, 7) is 0. The van der Waals surface area contributed by atoms with Crippen LogP contribution in [0, 0.1) is 0 Å². The van der Waals surface area contributed by atoms with Gasteiger partial charge in [-0.3, -0.25) is 0 Å². The summed E-state index contributed by atoms with van der Waals surface area (Å²) in [4.78, 5) is 0. The van der Waals surface area contributed by atoms with Crippen molar-refractivity contribution in [2.45, 2.75) is 5.16 Å². The van der Waals surface area contributed by atoms with Crippen LogP contribution < -0.4 is 0 Å². The van der Waals surface area contributed by atoms with Crippen molar-refractivity contribution in [2.75, 3.05) is 0 Å². The minimum Gasteiger partial charge on any atom is -0.305 e. The van der Waals surface area contributed by atoms with Gasteiger partial charge in [-0.1, -0.05) is 29.3 Å². The first-order valence-electron chi connectivity index (χ1n) is 4.14. The summed E-state index contributed by atoms with van der Waals surface area (Å²) in [6.07, 6.45) is 0. The van der Waals surface area contributed by atoms with Crippen LogP contribution in [0.5, 0.6) is 0 Å². The summed E-state index contributed by atoms with van der Waals surface area (Å²) in [5.41, 5.74) is 0.677. The van der Waals surface area contributed by atoms with Gasteiger partial charge in [-0.05, 0) is 12.1 Å². The Morgan fingerprint density at radius 3 is 2.27 bits per heavy atom. The van der Waals surface area contributed by atoms with Crippen LogP contribution in [0.3, 0.4) is 0 Å². The Balaban J connectivity index is 2.69. The molecule has 0 saturated heterocycles. The van der Waals surface area contributed by atoms with Crippen LogP contribution >= 0.6 is 35.8 Å². The van der Waals surface area contributed by atoms with E-state index in [2.05, 4.69) is 22.8 Å². The standard InChI is InChI=1S/C9H7Cl2N3S/c1-14-8(12-13-9(14)15)7-5(10)3-2-4-6(7)11/h2-4H,1H3,(H,13,15). The molecule has 0 saturated carbocycles. The molecule has 0 N–H and O–H groups in total. The molecular weight excluding hydrogens is 253 g/mol. The van der Waals surface area contributed by atoms with Gasteiger partial charge < -0.3 is 4.57 Å². The third-order valence-corrected chi connectivity index (χ3v) is 3.06. The molecule has 2 rings (SSSR count). The second-order valence-corrected chi connectivity index (χ2v) is 4.19. The van der Waals surface area contributed by atoms with Gasteiger partial charge in [0.2, 0.25) is 0 Å². The average Bonchev–Trinajstić information content (AvgIpc) is 2.49. The van der Waals surface area contributed by atoms with Gasteiger partial charge >= 0.3 is 0 Å². The van der Waals surface area contributed by atoms with E-state index in [4.69, 9.17) is 23.2 Å². The zero-order valence-electron chi connectivity index (χ0n) is 7.78. The monoisotopic (exact) mass is 259 g/mol. The van der Waals surface area contributed by atoms with Crippen molar-refractivity contribution < 1.29 is 0 Å². The van der Waals surface area contributed by atoms with E-state index in [9.17, 15) is 0 Å². The first-order chi connectivity index (χ1) is 7.11. The average molecular weight is 260 g/mol. The van der Waals surface area contributed by atoms with Crippen molar-refractivity contribution >= 4 is 35.8 Å². The second-order valence-electron chi connectivity index (χ2n) is 2.98. The molecule has 2 aromatic rings. The largest absolute Gasteiger partial charge is 0.305 e. The molecule has 6 heteroatoms. The summed E-state index contributed by atoms with van der Waals surface area (Å²) >= 11 is 16.3. The lowest BCUT2D eigenvalue weighted by Gasteiger charge is -2.05. The van der Waals surface area contributed by atoms with Gasteiger partial charge in [0.15, 0.2) is 11.0 Å². The van der Waals surface area contributed by atoms with Gasteiger partial charge in [-0.15, -0.1) is 22.8 Å². The number of aromatic nitrogens is 3. The normalized spacial score (nSPS) is 10.7. The quantitative estimate of drug-likeness (QED) is 0.799. The molecule has 0 unspecified atom stereocenters. The predicted octanol–water partition coefficient (Wildman–Crippen LogP) is 3.08. The highest BCUT2D eigenvalue weighted by Gasteiger charge is 2.14. The van der Waals surface area contributed by atoms with Crippen LogP contribution in [-0.4, -0.2) is 14.8 Å². The third-order valence-electron chi connectivity index (χ3n) is 2.04. The van der Waals surface area contributed by atoms with E-state index >= 15 is 0 Å². The topological polar surface area (TPSA) is 30.7 Å². The van der Waals surface area contributed by atoms with Crippen LogP contribution in [0.25, 0.3) is 11.4 Å². The molecule has 0 bridgehead atoms. The molecule has 0 aliphatic carbocycles. The molecule has 78 valence electrons. The van der Waals surface area contributed by atoms with Gasteiger partial charge in [0.05, 0.1) is 15.6 Å². The number of hydrogen-bond acceptors (Lipinski definition) is 3. The highest BCUT2D eigenvalue weighted by molar-refractivity contribution is 7.80. The number of thiol groups is 1. The number of rotatable bonds is 1. The minimum absolute atomic E-state index is 0.515. The van der Waals surface area contributed by atoms with E-state index in [0.717, 1.165) is 0 Å². The maximum absolute atomic E-state index is 6.05. The lowest BCUT2D eigenvalue weighted by molar-refractivity contribution is 0.798. The Morgan fingerprint density at radius 2 is 1.80 bits per heavy atom. The van der Waals surface area contributed by atoms with Crippen molar-refractivity contribution in [3.63, 3.8) is 0 Å². The molecule has 0 atom stereocenters. The molecule has 1 aromatic carbocycles. The number of hydrogen-bond donors (Lipinski definition) is 1. The molecule has 0 aliphatic rings. The van der Waals surface area contributed by atoms with Crippen molar-refractivity contribution in [1.29, 1.82) is 0 Å². The molecule has 0 spiro atoms. The van der Waals surface area contributed by atoms with Gasteiger partial charge in [0, 0.05) is 7.05 Å². The third kappa shape index (κ3) is 1.85. The van der Waals surface area contributed by atoms with Gasteiger partial charge in [-0.25, -0.2) is 0 Å². The maximum Gasteiger partial charge on any atom is 0.188 e. The first kappa shape index (κ1) is 10.8. The Labute approximate surface area is 102 Å². The summed E-state index contributed by atoms with van der Waals surface area (Å²) < 4.78 is 1.72. The van der Waals surface area contributed by atoms with Crippen LogP contribution in [0.15, 0.2) is 23.4 Å². The minimum atomic E-state index is 0.515. The van der Waals surface area contributed by atoms with Gasteiger partial charge in [-0.2, -0.15) is 0 Å². The lowest BCUT2D eigenvalue weighted by atomic mass is 10.2. The van der Waals surface area contributed by atoms with Crippen molar-refractivity contribution in [3.8, 4) is 11.4 Å². The fourth-order valence-corrected chi connectivity index (χ4v) is 1.96. The molecule has 1 aromatic heterocycles. The first-order valence-corrected chi connectivity index (χ1v) is 5.34. The summed E-state index contributed by atoms with van der Waals surface area (Å²) in [6, 6.07) is 5.30. The van der Waals surface area contributed by atoms with Crippen molar-refractivity contribution in [3.05, 3.63) is 28.2 Å². The highest BCUT2D eigenvalue weighted by atomic mass is 35.5. The Kier molecular flexibility index (Phi) is 2.91. The van der Waals surface area contributed by atoms with Gasteiger partial charge in [0.25, 0.3) is 0 Å². The fraction of sp³-hybridized carbons (Fsp3) is 0.111. The van der Waals surface area contributed by atoms with Crippen LogP contribution in [-0.2, 0) is 7.05 Å². The zero-order valence-corrected chi connectivity index (χ0v) is 10.2.